The van der Waals surface area contributed by atoms with Gasteiger partial charge in [-0.3, -0.25) is 4.21 Å². The van der Waals surface area contributed by atoms with E-state index in [9.17, 15) is 8.76 Å². The summed E-state index contributed by atoms with van der Waals surface area (Å²) in [4.78, 5) is 21.0. The lowest BCUT2D eigenvalue weighted by molar-refractivity contribution is 0.131. The van der Waals surface area contributed by atoms with Gasteiger partial charge < -0.3 is 18.7 Å². The number of ether oxygens (including phenoxy) is 1. The zero-order valence-electron chi connectivity index (χ0n) is 20.3. The number of anilines is 1. The number of thiazole rings is 1. The third-order valence-corrected chi connectivity index (χ3v) is 7.74. The topological polar surface area (TPSA) is 130 Å². The van der Waals surface area contributed by atoms with Crippen LogP contribution in [0, 0.1) is 5.92 Å². The van der Waals surface area contributed by atoms with Crippen molar-refractivity contribution in [1.82, 2.24) is 25.1 Å². The van der Waals surface area contributed by atoms with Crippen molar-refractivity contribution in [3.63, 3.8) is 0 Å². The van der Waals surface area contributed by atoms with Crippen LogP contribution in [0.1, 0.15) is 50.9 Å². The molecule has 0 saturated carbocycles. The van der Waals surface area contributed by atoms with Crippen LogP contribution in [0.25, 0.3) is 21.7 Å². The molecule has 1 aromatic carbocycles. The number of piperidine rings is 1. The molecular formula is C24H27N6O4S2-. The largest absolute Gasteiger partial charge is 0.772 e. The van der Waals surface area contributed by atoms with Crippen molar-refractivity contribution in [2.24, 2.45) is 5.92 Å². The fourth-order valence-corrected chi connectivity index (χ4v) is 5.50. The molecule has 0 N–H and O–H groups in total. The van der Waals surface area contributed by atoms with Crippen molar-refractivity contribution < 1.29 is 18.0 Å². The molecule has 4 heterocycles. The van der Waals surface area contributed by atoms with Crippen molar-refractivity contribution in [3.05, 3.63) is 41.9 Å². The van der Waals surface area contributed by atoms with Crippen molar-refractivity contribution in [2.45, 2.75) is 51.4 Å². The Bertz CT molecular complexity index is 1350. The van der Waals surface area contributed by atoms with Gasteiger partial charge in [0.2, 0.25) is 0 Å². The minimum atomic E-state index is -2.11. The SMILES string of the molecule is CC(C)c1noc(N2CCC(C(C)Oc3nc4ncc(-c5ccc(CS(=O)[O-])cc5)nc4s3)CC2)n1. The van der Waals surface area contributed by atoms with E-state index >= 15 is 0 Å². The van der Waals surface area contributed by atoms with Crippen molar-refractivity contribution in [3.8, 4) is 16.5 Å². The summed E-state index contributed by atoms with van der Waals surface area (Å²) >= 11 is -0.732. The van der Waals surface area contributed by atoms with Gasteiger partial charge in [-0.2, -0.15) is 9.97 Å². The third-order valence-electron chi connectivity index (χ3n) is 6.35. The minimum absolute atomic E-state index is 0.000187. The highest BCUT2D eigenvalue weighted by Crippen LogP contribution is 2.31. The Hall–Kier alpha value is -2.96. The predicted molar refractivity (Wildman–Crippen MR) is 137 cm³/mol. The highest BCUT2D eigenvalue weighted by Gasteiger charge is 2.28. The van der Waals surface area contributed by atoms with Crippen LogP contribution in [0.15, 0.2) is 35.0 Å². The van der Waals surface area contributed by atoms with Crippen molar-refractivity contribution in [1.29, 1.82) is 0 Å². The highest BCUT2D eigenvalue weighted by molar-refractivity contribution is 7.78. The first kappa shape index (κ1) is 24.7. The summed E-state index contributed by atoms with van der Waals surface area (Å²) in [6.45, 7) is 7.86. The average molecular weight is 528 g/mol. The lowest BCUT2D eigenvalue weighted by Gasteiger charge is -2.33. The third kappa shape index (κ3) is 5.55. The molecule has 0 aliphatic carbocycles. The molecule has 5 rings (SSSR count). The molecule has 190 valence electrons. The summed E-state index contributed by atoms with van der Waals surface area (Å²) in [6.07, 6.45) is 3.60. The Kier molecular flexibility index (Phi) is 7.26. The monoisotopic (exact) mass is 527 g/mol. The van der Waals surface area contributed by atoms with E-state index in [0.29, 0.717) is 33.3 Å². The summed E-state index contributed by atoms with van der Waals surface area (Å²) in [5.41, 5.74) is 2.85. The van der Waals surface area contributed by atoms with Crippen LogP contribution in [0.4, 0.5) is 6.01 Å². The molecule has 0 radical (unpaired) electrons. The second-order valence-electron chi connectivity index (χ2n) is 9.25. The number of aromatic nitrogens is 5. The van der Waals surface area contributed by atoms with E-state index in [1.54, 1.807) is 18.3 Å². The molecule has 0 amide bonds. The molecule has 1 aliphatic rings. The van der Waals surface area contributed by atoms with Crippen molar-refractivity contribution in [2.75, 3.05) is 18.0 Å². The molecule has 10 nitrogen and oxygen atoms in total. The molecule has 3 aromatic heterocycles. The van der Waals surface area contributed by atoms with Gasteiger partial charge in [0.05, 0.1) is 11.9 Å². The molecule has 2 atom stereocenters. The first-order valence-electron chi connectivity index (χ1n) is 11.9. The molecule has 2 unspecified atom stereocenters. The van der Waals surface area contributed by atoms with E-state index < -0.39 is 11.1 Å². The van der Waals surface area contributed by atoms with Crippen LogP contribution >= 0.6 is 11.3 Å². The second-order valence-corrected chi connectivity index (χ2v) is 11.1. The van der Waals surface area contributed by atoms with Crippen LogP contribution in [-0.4, -0.2) is 53.0 Å². The van der Waals surface area contributed by atoms with Gasteiger partial charge >= 0.3 is 6.01 Å². The molecule has 1 saturated heterocycles. The maximum atomic E-state index is 10.9. The maximum Gasteiger partial charge on any atom is 0.324 e. The summed E-state index contributed by atoms with van der Waals surface area (Å²) in [5.74, 6) is 1.36. The fourth-order valence-electron chi connectivity index (χ4n) is 4.20. The molecule has 1 fully saturated rings. The Morgan fingerprint density at radius 1 is 1.17 bits per heavy atom. The Morgan fingerprint density at radius 2 is 1.92 bits per heavy atom. The van der Waals surface area contributed by atoms with Gasteiger partial charge in [0.1, 0.15) is 6.10 Å². The Balaban J connectivity index is 1.21. The normalized spacial score (nSPS) is 16.5. The molecule has 36 heavy (non-hydrogen) atoms. The van der Waals surface area contributed by atoms with Crippen LogP contribution in [0.5, 0.6) is 5.19 Å². The number of hydrogen-bond donors (Lipinski definition) is 0. The Morgan fingerprint density at radius 3 is 2.58 bits per heavy atom. The van der Waals surface area contributed by atoms with Gasteiger partial charge in [0.15, 0.2) is 16.3 Å². The van der Waals surface area contributed by atoms with Gasteiger partial charge in [-0.05, 0) is 31.2 Å². The predicted octanol–water partition coefficient (Wildman–Crippen LogP) is 4.32. The number of benzene rings is 1. The van der Waals surface area contributed by atoms with Crippen LogP contribution < -0.4 is 9.64 Å². The van der Waals surface area contributed by atoms with E-state index in [1.807, 2.05) is 26.0 Å². The Labute approximate surface area is 215 Å². The number of rotatable bonds is 8. The molecule has 1 aliphatic heterocycles. The second kappa shape index (κ2) is 10.6. The van der Waals surface area contributed by atoms with Gasteiger partial charge in [-0.1, -0.05) is 65.7 Å². The highest BCUT2D eigenvalue weighted by atomic mass is 32.2. The lowest BCUT2D eigenvalue weighted by atomic mass is 9.92. The molecule has 12 heteroatoms. The standard InChI is InChI=1S/C24H28N6O4S2/c1-14(2)20-27-23(34-29-20)30-10-8-17(9-11-30)15(3)33-24-28-21-22(35-24)26-19(12-25-21)18-6-4-16(5-7-18)13-36(31)32/h4-7,12,14-15,17H,8-11,13H2,1-3H3,(H,31,32)/p-1. The van der Waals surface area contributed by atoms with Crippen LogP contribution in [0.2, 0.25) is 0 Å². The molecule has 4 aromatic rings. The quantitative estimate of drug-likeness (QED) is 0.305. The van der Waals surface area contributed by atoms with Crippen LogP contribution in [-0.2, 0) is 16.8 Å². The minimum Gasteiger partial charge on any atom is -0.772 e. The van der Waals surface area contributed by atoms with E-state index in [1.165, 1.54) is 11.3 Å². The fraction of sp³-hybridized carbons (Fsp3) is 0.458. The van der Waals surface area contributed by atoms with Gasteiger partial charge in [-0.25, -0.2) is 9.97 Å². The van der Waals surface area contributed by atoms with Gasteiger partial charge in [-0.15, -0.1) is 0 Å². The maximum absolute atomic E-state index is 10.9. The summed E-state index contributed by atoms with van der Waals surface area (Å²) < 4.78 is 33.4. The smallest absolute Gasteiger partial charge is 0.324 e. The zero-order chi connectivity index (χ0) is 25.2. The van der Waals surface area contributed by atoms with E-state index in [4.69, 9.17) is 14.2 Å². The number of fused-ring (bicyclic) bond motifs is 1. The lowest BCUT2D eigenvalue weighted by Crippen LogP contribution is -2.38. The van der Waals surface area contributed by atoms with E-state index in [-0.39, 0.29) is 17.8 Å². The summed E-state index contributed by atoms with van der Waals surface area (Å²) in [6, 6.07) is 7.87. The van der Waals surface area contributed by atoms with Crippen molar-refractivity contribution >= 4 is 38.9 Å². The summed E-state index contributed by atoms with van der Waals surface area (Å²) in [5, 5.41) is 4.63. The zero-order valence-corrected chi connectivity index (χ0v) is 21.9. The molecule has 0 bridgehead atoms. The number of hydrogen-bond acceptors (Lipinski definition) is 11. The number of nitrogens with zero attached hydrogens (tertiary/aromatic N) is 6. The summed E-state index contributed by atoms with van der Waals surface area (Å²) in [7, 11) is 0. The van der Waals surface area contributed by atoms with E-state index in [2.05, 4.69) is 31.9 Å². The van der Waals surface area contributed by atoms with Gasteiger partial charge in [0.25, 0.3) is 5.19 Å². The first-order valence-corrected chi connectivity index (χ1v) is 14.0. The van der Waals surface area contributed by atoms with E-state index in [0.717, 1.165) is 42.9 Å². The van der Waals surface area contributed by atoms with Gasteiger partial charge in [0, 0.05) is 30.3 Å². The average Bonchev–Trinajstić information content (AvgIpc) is 3.51. The molecular weight excluding hydrogens is 500 g/mol. The van der Waals surface area contributed by atoms with Crippen LogP contribution in [0.3, 0.4) is 0 Å². The molecule has 0 spiro atoms. The first-order chi connectivity index (χ1) is 17.4.